The van der Waals surface area contributed by atoms with Crippen LogP contribution >= 0.6 is 0 Å². The molecule has 0 bridgehead atoms. The molecule has 0 aromatic carbocycles. The molecule has 0 aliphatic carbocycles. The van der Waals surface area contributed by atoms with E-state index in [-0.39, 0.29) is 0 Å². The molecular weight excluding hydrogens is 228 g/mol. The molecule has 0 aliphatic rings. The minimum atomic E-state index is 0.568. The molecule has 0 unspecified atom stereocenters. The molecule has 0 radical (unpaired) electrons. The topological polar surface area (TPSA) is 44.2 Å². The van der Waals surface area contributed by atoms with Crippen molar-refractivity contribution >= 4 is 0 Å². The smallest absolute Gasteiger partial charge is 0.223 e. The molecule has 2 rings (SSSR count). The van der Waals surface area contributed by atoms with Crippen molar-refractivity contribution < 1.29 is 9.47 Å². The third kappa shape index (κ3) is 2.42. The first-order valence-electron chi connectivity index (χ1n) is 5.86. The normalized spacial score (nSPS) is 10.2. The van der Waals surface area contributed by atoms with Gasteiger partial charge in [0.15, 0.2) is 0 Å². The van der Waals surface area contributed by atoms with E-state index in [2.05, 4.69) is 9.97 Å². The summed E-state index contributed by atoms with van der Waals surface area (Å²) >= 11 is 0. The maximum absolute atomic E-state index is 5.52. The highest BCUT2D eigenvalue weighted by Crippen LogP contribution is 2.33. The Labute approximate surface area is 107 Å². The fourth-order valence-electron chi connectivity index (χ4n) is 1.72. The first-order chi connectivity index (χ1) is 8.76. The predicted molar refractivity (Wildman–Crippen MR) is 69.9 cm³/mol. The monoisotopic (exact) mass is 244 g/mol. The molecule has 2 heterocycles. The minimum Gasteiger partial charge on any atom is -0.494 e. The van der Waals surface area contributed by atoms with E-state index in [9.17, 15) is 0 Å². The molecule has 0 saturated heterocycles. The molecule has 0 atom stereocenters. The summed E-state index contributed by atoms with van der Waals surface area (Å²) in [6.45, 7) is 4.44. The van der Waals surface area contributed by atoms with Crippen LogP contribution in [0.2, 0.25) is 0 Å². The second-order valence-electron chi connectivity index (χ2n) is 3.79. The Kier molecular flexibility index (Phi) is 3.77. The molecule has 18 heavy (non-hydrogen) atoms. The molecule has 94 valence electrons. The van der Waals surface area contributed by atoms with Crippen LogP contribution in [0, 0.1) is 6.92 Å². The van der Waals surface area contributed by atoms with Gasteiger partial charge in [-0.15, -0.1) is 0 Å². The highest BCUT2D eigenvalue weighted by Gasteiger charge is 2.13. The average Bonchev–Trinajstić information content (AvgIpc) is 2.40. The molecule has 2 aromatic rings. The van der Waals surface area contributed by atoms with Crippen LogP contribution in [0.25, 0.3) is 11.3 Å². The van der Waals surface area contributed by atoms with Gasteiger partial charge in [0.1, 0.15) is 11.4 Å². The number of pyridine rings is 2. The molecule has 0 N–H and O–H groups in total. The Morgan fingerprint density at radius 1 is 1.22 bits per heavy atom. The van der Waals surface area contributed by atoms with Crippen LogP contribution in [0.1, 0.15) is 12.6 Å². The highest BCUT2D eigenvalue weighted by atomic mass is 16.5. The van der Waals surface area contributed by atoms with Crippen molar-refractivity contribution in [2.75, 3.05) is 13.7 Å². The minimum absolute atomic E-state index is 0.568. The lowest BCUT2D eigenvalue weighted by atomic mass is 10.1. The zero-order valence-corrected chi connectivity index (χ0v) is 10.8. The second kappa shape index (κ2) is 5.49. The van der Waals surface area contributed by atoms with Crippen molar-refractivity contribution in [2.24, 2.45) is 0 Å². The van der Waals surface area contributed by atoms with Gasteiger partial charge in [0.2, 0.25) is 5.88 Å². The molecular formula is C14H16N2O2. The van der Waals surface area contributed by atoms with Gasteiger partial charge < -0.3 is 9.47 Å². The number of hydrogen-bond donors (Lipinski definition) is 0. The van der Waals surface area contributed by atoms with E-state index in [0.717, 1.165) is 22.7 Å². The van der Waals surface area contributed by atoms with Gasteiger partial charge in [-0.05, 0) is 38.1 Å². The largest absolute Gasteiger partial charge is 0.494 e. The first-order valence-corrected chi connectivity index (χ1v) is 5.86. The molecule has 2 aromatic heterocycles. The fourth-order valence-corrected chi connectivity index (χ4v) is 1.72. The summed E-state index contributed by atoms with van der Waals surface area (Å²) in [5, 5.41) is 0. The number of hydrogen-bond acceptors (Lipinski definition) is 4. The highest BCUT2D eigenvalue weighted by molar-refractivity contribution is 5.70. The van der Waals surface area contributed by atoms with E-state index in [1.807, 2.05) is 38.1 Å². The maximum atomic E-state index is 5.52. The van der Waals surface area contributed by atoms with Gasteiger partial charge >= 0.3 is 0 Å². The molecule has 4 nitrogen and oxygen atoms in total. The van der Waals surface area contributed by atoms with Crippen LogP contribution in [0.3, 0.4) is 0 Å². The lowest BCUT2D eigenvalue weighted by molar-refractivity contribution is 0.328. The van der Waals surface area contributed by atoms with Crippen LogP contribution in [-0.2, 0) is 0 Å². The average molecular weight is 244 g/mol. The molecule has 0 saturated carbocycles. The van der Waals surface area contributed by atoms with Crippen LogP contribution in [-0.4, -0.2) is 23.7 Å². The maximum Gasteiger partial charge on any atom is 0.223 e. The standard InChI is InChI=1S/C14H16N2O2/c1-4-18-14-11(6-5-9-15-14)13-12(17-3)8-7-10(2)16-13/h5-9H,4H2,1-3H3. The van der Waals surface area contributed by atoms with Gasteiger partial charge in [-0.25, -0.2) is 9.97 Å². The molecule has 0 spiro atoms. The number of rotatable bonds is 4. The van der Waals surface area contributed by atoms with Gasteiger partial charge in [0, 0.05) is 11.9 Å². The van der Waals surface area contributed by atoms with Crippen LogP contribution < -0.4 is 9.47 Å². The van der Waals surface area contributed by atoms with E-state index in [1.165, 1.54) is 0 Å². The summed E-state index contributed by atoms with van der Waals surface area (Å²) in [6, 6.07) is 7.61. The third-order valence-electron chi connectivity index (χ3n) is 2.52. The van der Waals surface area contributed by atoms with Gasteiger partial charge in [-0.3, -0.25) is 0 Å². The van der Waals surface area contributed by atoms with Crippen molar-refractivity contribution in [1.82, 2.24) is 9.97 Å². The summed E-state index contributed by atoms with van der Waals surface area (Å²) in [7, 11) is 1.63. The SMILES string of the molecule is CCOc1ncccc1-c1nc(C)ccc1OC. The zero-order valence-electron chi connectivity index (χ0n) is 10.8. The van der Waals surface area contributed by atoms with Crippen molar-refractivity contribution in [3.63, 3.8) is 0 Å². The van der Waals surface area contributed by atoms with Crippen LogP contribution in [0.15, 0.2) is 30.5 Å². The number of aryl methyl sites for hydroxylation is 1. The number of ether oxygens (including phenoxy) is 2. The number of nitrogens with zero attached hydrogens (tertiary/aromatic N) is 2. The Morgan fingerprint density at radius 3 is 2.78 bits per heavy atom. The van der Waals surface area contributed by atoms with Crippen LogP contribution in [0.5, 0.6) is 11.6 Å². The lowest BCUT2D eigenvalue weighted by Gasteiger charge is -2.11. The van der Waals surface area contributed by atoms with E-state index < -0.39 is 0 Å². The van der Waals surface area contributed by atoms with E-state index in [0.29, 0.717) is 12.5 Å². The fraction of sp³-hybridized carbons (Fsp3) is 0.286. The van der Waals surface area contributed by atoms with E-state index in [1.54, 1.807) is 13.3 Å². The second-order valence-corrected chi connectivity index (χ2v) is 3.79. The van der Waals surface area contributed by atoms with E-state index in [4.69, 9.17) is 9.47 Å². The molecule has 0 aliphatic heterocycles. The summed E-state index contributed by atoms with van der Waals surface area (Å²) < 4.78 is 10.9. The van der Waals surface area contributed by atoms with Gasteiger partial charge in [-0.1, -0.05) is 0 Å². The summed E-state index contributed by atoms with van der Waals surface area (Å²) in [5.41, 5.74) is 2.53. The summed E-state index contributed by atoms with van der Waals surface area (Å²) in [5.74, 6) is 1.30. The molecule has 0 amide bonds. The van der Waals surface area contributed by atoms with E-state index >= 15 is 0 Å². The van der Waals surface area contributed by atoms with Gasteiger partial charge in [-0.2, -0.15) is 0 Å². The third-order valence-corrected chi connectivity index (χ3v) is 2.52. The Morgan fingerprint density at radius 2 is 2.06 bits per heavy atom. The molecule has 4 heteroatoms. The predicted octanol–water partition coefficient (Wildman–Crippen LogP) is 2.86. The summed E-state index contributed by atoms with van der Waals surface area (Å²) in [6.07, 6.45) is 1.71. The number of aromatic nitrogens is 2. The van der Waals surface area contributed by atoms with Crippen molar-refractivity contribution in [3.8, 4) is 22.9 Å². The van der Waals surface area contributed by atoms with Crippen LogP contribution in [0.4, 0.5) is 0 Å². The quantitative estimate of drug-likeness (QED) is 0.829. The Hall–Kier alpha value is -2.10. The van der Waals surface area contributed by atoms with Crippen molar-refractivity contribution in [2.45, 2.75) is 13.8 Å². The van der Waals surface area contributed by atoms with Crippen molar-refractivity contribution in [3.05, 3.63) is 36.2 Å². The number of methoxy groups -OCH3 is 1. The zero-order chi connectivity index (χ0) is 13.0. The van der Waals surface area contributed by atoms with Gasteiger partial charge in [0.25, 0.3) is 0 Å². The molecule has 0 fully saturated rings. The Balaban J connectivity index is 2.57. The van der Waals surface area contributed by atoms with Gasteiger partial charge in [0.05, 0.1) is 19.3 Å². The summed E-state index contributed by atoms with van der Waals surface area (Å²) in [4.78, 5) is 8.74. The van der Waals surface area contributed by atoms with Crippen molar-refractivity contribution in [1.29, 1.82) is 0 Å². The lowest BCUT2D eigenvalue weighted by Crippen LogP contribution is -1.99. The first kappa shape index (κ1) is 12.4. The Bertz CT molecular complexity index is 541.